The average Bonchev–Trinajstić information content (AvgIpc) is 2.89. The molecule has 2 atom stereocenters. The van der Waals surface area contributed by atoms with Crippen LogP contribution in [0, 0.1) is 13.8 Å². The van der Waals surface area contributed by atoms with E-state index in [0.29, 0.717) is 0 Å². The monoisotopic (exact) mass is 520 g/mol. The summed E-state index contributed by atoms with van der Waals surface area (Å²) >= 11 is 0. The van der Waals surface area contributed by atoms with Crippen molar-refractivity contribution in [2.75, 3.05) is 0 Å². The Balaban J connectivity index is 2.16. The third-order valence-electron chi connectivity index (χ3n) is 6.47. The van der Waals surface area contributed by atoms with E-state index in [1.165, 1.54) is 48.5 Å². The normalized spacial score (nSPS) is 15.6. The fourth-order valence-electron chi connectivity index (χ4n) is 4.32. The third-order valence-corrected chi connectivity index (χ3v) is 11.2. The highest BCUT2D eigenvalue weighted by Crippen LogP contribution is 2.49. The lowest BCUT2D eigenvalue weighted by atomic mass is 9.93. The molecule has 0 aliphatic heterocycles. The molecule has 0 aliphatic carbocycles. The molecule has 4 rings (SSSR count). The van der Waals surface area contributed by atoms with Gasteiger partial charge in [0.2, 0.25) is 19.7 Å². The van der Waals surface area contributed by atoms with Gasteiger partial charge in [0.15, 0.2) is 9.74 Å². The van der Waals surface area contributed by atoms with E-state index >= 15 is 0 Å². The second-order valence-corrected chi connectivity index (χ2v) is 13.1. The molecule has 36 heavy (non-hydrogen) atoms. The van der Waals surface area contributed by atoms with Gasteiger partial charge in [0.25, 0.3) is 0 Å². The molecule has 0 aliphatic rings. The summed E-state index contributed by atoms with van der Waals surface area (Å²) in [5.74, 6) is 0. The molecule has 0 radical (unpaired) electrons. The molecule has 0 bridgehead atoms. The second kappa shape index (κ2) is 9.29. The highest BCUT2D eigenvalue weighted by atomic mass is 32.2. The van der Waals surface area contributed by atoms with Gasteiger partial charge in [-0.3, -0.25) is 0 Å². The van der Waals surface area contributed by atoms with Gasteiger partial charge in [-0.15, -0.1) is 0 Å². The van der Waals surface area contributed by atoms with Crippen LogP contribution in [0.5, 0.6) is 0 Å². The predicted molar refractivity (Wildman–Crippen MR) is 141 cm³/mol. The Morgan fingerprint density at radius 2 is 0.750 bits per heavy atom. The average molecular weight is 521 g/mol. The zero-order valence-electron chi connectivity index (χ0n) is 20.0. The Morgan fingerprint density at radius 3 is 1.03 bits per heavy atom. The first kappa shape index (κ1) is 25.8. The van der Waals surface area contributed by atoms with Crippen LogP contribution in [0.15, 0.2) is 119 Å². The van der Waals surface area contributed by atoms with Crippen LogP contribution >= 0.6 is 0 Å². The summed E-state index contributed by atoms with van der Waals surface area (Å²) in [7, 11) is -9.20. The van der Waals surface area contributed by atoms with Crippen molar-refractivity contribution >= 4 is 19.7 Å². The maximum atomic E-state index is 14.4. The van der Waals surface area contributed by atoms with Gasteiger partial charge >= 0.3 is 0 Å². The molecule has 0 saturated carbocycles. The molecular formula is C28H28N2O4S2. The summed E-state index contributed by atoms with van der Waals surface area (Å²) in [6.07, 6.45) is 0. The molecule has 0 aromatic heterocycles. The SMILES string of the molecule is Cc1ccc(S(=O)(=O)C(N)(c2ccccc2)C(N)(c2ccccc2)S(=O)(=O)c2ccc(C)cc2)cc1. The highest BCUT2D eigenvalue weighted by molar-refractivity contribution is 7.96. The van der Waals surface area contributed by atoms with Crippen LogP contribution in [0.3, 0.4) is 0 Å². The first-order valence-corrected chi connectivity index (χ1v) is 14.2. The number of rotatable bonds is 7. The smallest absolute Gasteiger partial charge is 0.204 e. The van der Waals surface area contributed by atoms with Gasteiger partial charge in [-0.25, -0.2) is 16.8 Å². The second-order valence-electron chi connectivity index (χ2n) is 8.84. The van der Waals surface area contributed by atoms with Crippen molar-refractivity contribution in [1.29, 1.82) is 0 Å². The molecule has 8 heteroatoms. The molecule has 0 saturated heterocycles. The summed E-state index contributed by atoms with van der Waals surface area (Å²) < 4.78 is 57.8. The van der Waals surface area contributed by atoms with Crippen LogP contribution < -0.4 is 11.5 Å². The molecule has 6 nitrogen and oxygen atoms in total. The van der Waals surface area contributed by atoms with Crippen molar-refractivity contribution in [3.8, 4) is 0 Å². The van der Waals surface area contributed by atoms with E-state index in [1.807, 2.05) is 13.8 Å². The quantitative estimate of drug-likeness (QED) is 0.377. The van der Waals surface area contributed by atoms with Crippen molar-refractivity contribution in [2.24, 2.45) is 11.5 Å². The molecule has 186 valence electrons. The maximum absolute atomic E-state index is 14.4. The van der Waals surface area contributed by atoms with Crippen LogP contribution in [0.2, 0.25) is 0 Å². The van der Waals surface area contributed by atoms with Gasteiger partial charge in [-0.2, -0.15) is 0 Å². The summed E-state index contributed by atoms with van der Waals surface area (Å²) in [5, 5.41) is 0. The van der Waals surface area contributed by atoms with Crippen LogP contribution in [0.25, 0.3) is 0 Å². The first-order valence-electron chi connectivity index (χ1n) is 11.3. The maximum Gasteiger partial charge on any atom is 0.204 e. The van der Waals surface area contributed by atoms with E-state index in [4.69, 9.17) is 11.5 Å². The fraction of sp³-hybridized carbons (Fsp3) is 0.143. The number of hydrogen-bond donors (Lipinski definition) is 2. The minimum Gasteiger partial charge on any atom is -0.306 e. The minimum atomic E-state index is -4.60. The van der Waals surface area contributed by atoms with E-state index in [-0.39, 0.29) is 20.9 Å². The Labute approximate surface area is 212 Å². The van der Waals surface area contributed by atoms with Gasteiger partial charge in [-0.1, -0.05) is 96.1 Å². The van der Waals surface area contributed by atoms with Crippen LogP contribution in [-0.4, -0.2) is 16.8 Å². The molecular weight excluding hydrogens is 492 g/mol. The van der Waals surface area contributed by atoms with Gasteiger partial charge in [-0.05, 0) is 49.2 Å². The van der Waals surface area contributed by atoms with E-state index in [1.54, 1.807) is 60.7 Å². The molecule has 4 aromatic rings. The predicted octanol–water partition coefficient (Wildman–Crippen LogP) is 4.17. The van der Waals surface area contributed by atoms with Gasteiger partial charge in [0.1, 0.15) is 0 Å². The lowest BCUT2D eigenvalue weighted by molar-refractivity contribution is 0.396. The number of nitrogens with two attached hydrogens (primary N) is 2. The number of hydrogen-bond acceptors (Lipinski definition) is 6. The number of aryl methyl sites for hydroxylation is 2. The number of benzene rings is 4. The van der Waals surface area contributed by atoms with E-state index in [2.05, 4.69) is 0 Å². The van der Waals surface area contributed by atoms with E-state index < -0.39 is 29.4 Å². The summed E-state index contributed by atoms with van der Waals surface area (Å²) in [5.41, 5.74) is 15.7. The molecule has 0 amide bonds. The zero-order chi connectivity index (χ0) is 26.2. The summed E-state index contributed by atoms with van der Waals surface area (Å²) in [6.45, 7) is 3.64. The van der Waals surface area contributed by atoms with E-state index in [0.717, 1.165) is 11.1 Å². The van der Waals surface area contributed by atoms with Crippen LogP contribution in [0.1, 0.15) is 22.3 Å². The van der Waals surface area contributed by atoms with Crippen molar-refractivity contribution in [1.82, 2.24) is 0 Å². The van der Waals surface area contributed by atoms with Gasteiger partial charge in [0.05, 0.1) is 9.79 Å². The topological polar surface area (TPSA) is 120 Å². The van der Waals surface area contributed by atoms with Gasteiger partial charge in [0, 0.05) is 0 Å². The first-order chi connectivity index (χ1) is 17.0. The summed E-state index contributed by atoms with van der Waals surface area (Å²) in [6, 6.07) is 27.9. The highest BCUT2D eigenvalue weighted by Gasteiger charge is 2.65. The van der Waals surface area contributed by atoms with Crippen molar-refractivity contribution in [3.05, 3.63) is 131 Å². The molecule has 0 heterocycles. The largest absolute Gasteiger partial charge is 0.306 e. The fourth-order valence-corrected chi connectivity index (χ4v) is 8.63. The Bertz CT molecular complexity index is 1450. The Hall–Kier alpha value is -3.30. The molecule has 4 N–H and O–H groups in total. The zero-order valence-corrected chi connectivity index (χ0v) is 21.6. The van der Waals surface area contributed by atoms with Crippen molar-refractivity contribution in [3.63, 3.8) is 0 Å². The lowest BCUT2D eigenvalue weighted by Gasteiger charge is -2.44. The van der Waals surface area contributed by atoms with Crippen molar-refractivity contribution in [2.45, 2.75) is 33.4 Å². The minimum absolute atomic E-state index is 0.0487. The molecule has 0 fully saturated rings. The third kappa shape index (κ3) is 3.87. The standard InChI is InChI=1S/C28H28N2O4S2/c1-21-13-17-25(18-14-21)35(31,32)27(29,23-9-5-3-6-10-23)28(30,24-11-7-4-8-12-24)36(33,34)26-19-15-22(2)16-20-26/h3-20H,29-30H2,1-2H3. The summed E-state index contributed by atoms with van der Waals surface area (Å²) in [4.78, 5) is -5.49. The Morgan fingerprint density at radius 1 is 0.472 bits per heavy atom. The van der Waals surface area contributed by atoms with Crippen LogP contribution in [0.4, 0.5) is 0 Å². The lowest BCUT2D eigenvalue weighted by Crippen LogP contribution is -2.68. The molecule has 2 unspecified atom stereocenters. The molecule has 4 aromatic carbocycles. The number of sulfone groups is 2. The Kier molecular flexibility index (Phi) is 6.66. The van der Waals surface area contributed by atoms with E-state index in [9.17, 15) is 16.8 Å². The van der Waals surface area contributed by atoms with Crippen LogP contribution in [-0.2, 0) is 29.4 Å². The van der Waals surface area contributed by atoms with Crippen molar-refractivity contribution < 1.29 is 16.8 Å². The van der Waals surface area contributed by atoms with Gasteiger partial charge < -0.3 is 11.5 Å². The molecule has 0 spiro atoms.